The third kappa shape index (κ3) is 4.52. The molecule has 7 nitrogen and oxygen atoms in total. The number of amides is 1. The highest BCUT2D eigenvalue weighted by Crippen LogP contribution is 2.23. The Morgan fingerprint density at radius 1 is 1.16 bits per heavy atom. The van der Waals surface area contributed by atoms with E-state index in [2.05, 4.69) is 4.98 Å². The number of carbonyl (C=O) groups excluding carboxylic acids is 1. The predicted molar refractivity (Wildman–Crippen MR) is 123 cm³/mol. The molecule has 0 saturated carbocycles. The summed E-state index contributed by atoms with van der Waals surface area (Å²) < 4.78 is 25.2. The van der Waals surface area contributed by atoms with Crippen molar-refractivity contribution in [3.63, 3.8) is 0 Å². The summed E-state index contributed by atoms with van der Waals surface area (Å²) in [6.45, 7) is 2.29. The zero-order chi connectivity index (χ0) is 22.0. The highest BCUT2D eigenvalue weighted by molar-refractivity contribution is 7.99. The minimum Gasteiger partial charge on any atom is -0.338 e. The van der Waals surface area contributed by atoms with E-state index in [9.17, 15) is 18.0 Å². The summed E-state index contributed by atoms with van der Waals surface area (Å²) in [4.78, 5) is 32.4. The fraction of sp³-hybridized carbons (Fsp3) is 0.318. The molecule has 1 aliphatic heterocycles. The molecule has 1 aliphatic rings. The van der Waals surface area contributed by atoms with E-state index in [0.29, 0.717) is 34.7 Å². The van der Waals surface area contributed by atoms with Crippen molar-refractivity contribution in [2.45, 2.75) is 24.5 Å². The molecule has 3 aromatic rings. The van der Waals surface area contributed by atoms with Gasteiger partial charge in [-0.05, 0) is 37.6 Å². The van der Waals surface area contributed by atoms with Crippen molar-refractivity contribution in [3.8, 4) is 5.69 Å². The molecule has 0 N–H and O–H groups in total. The SMILES string of the molecule is CCN(C(=O)CSc1nc2ccccc2c(=O)n1-c1ccccc1)C1CCS(=O)(=O)C1. The van der Waals surface area contributed by atoms with Crippen molar-refractivity contribution in [2.24, 2.45) is 0 Å². The van der Waals surface area contributed by atoms with Gasteiger partial charge in [0.25, 0.3) is 5.56 Å². The van der Waals surface area contributed by atoms with Crippen LogP contribution < -0.4 is 5.56 Å². The van der Waals surface area contributed by atoms with Crippen LogP contribution in [-0.4, -0.2) is 58.6 Å². The summed E-state index contributed by atoms with van der Waals surface area (Å²) in [5.41, 5.74) is 1.06. The van der Waals surface area contributed by atoms with Gasteiger partial charge in [-0.3, -0.25) is 14.2 Å². The molecule has 1 amide bonds. The van der Waals surface area contributed by atoms with Gasteiger partial charge in [0.05, 0.1) is 33.8 Å². The van der Waals surface area contributed by atoms with Crippen molar-refractivity contribution in [2.75, 3.05) is 23.8 Å². The number of thioether (sulfide) groups is 1. The van der Waals surface area contributed by atoms with Gasteiger partial charge in [-0.15, -0.1) is 0 Å². The summed E-state index contributed by atoms with van der Waals surface area (Å²) in [6, 6.07) is 16.1. The lowest BCUT2D eigenvalue weighted by Crippen LogP contribution is -2.42. The Morgan fingerprint density at radius 2 is 1.87 bits per heavy atom. The fourth-order valence-corrected chi connectivity index (χ4v) is 6.51. The van der Waals surface area contributed by atoms with Crippen molar-refractivity contribution in [1.82, 2.24) is 14.5 Å². The van der Waals surface area contributed by atoms with Gasteiger partial charge in [0.15, 0.2) is 15.0 Å². The first-order valence-corrected chi connectivity index (χ1v) is 12.9. The van der Waals surface area contributed by atoms with Crippen LogP contribution in [0.2, 0.25) is 0 Å². The summed E-state index contributed by atoms with van der Waals surface area (Å²) in [7, 11) is -3.08. The van der Waals surface area contributed by atoms with Crippen LogP contribution in [0, 0.1) is 0 Å². The predicted octanol–water partition coefficient (Wildman–Crippen LogP) is 2.51. The highest BCUT2D eigenvalue weighted by atomic mass is 32.2. The van der Waals surface area contributed by atoms with Crippen LogP contribution in [0.1, 0.15) is 13.3 Å². The van der Waals surface area contributed by atoms with E-state index in [1.165, 1.54) is 16.3 Å². The van der Waals surface area contributed by atoms with Crippen LogP contribution in [0.25, 0.3) is 16.6 Å². The van der Waals surface area contributed by atoms with Crippen LogP contribution in [-0.2, 0) is 14.6 Å². The van der Waals surface area contributed by atoms with Crippen LogP contribution in [0.3, 0.4) is 0 Å². The number of sulfone groups is 1. The molecule has 2 aromatic carbocycles. The Bertz CT molecular complexity index is 1270. The van der Waals surface area contributed by atoms with Crippen molar-refractivity contribution in [1.29, 1.82) is 0 Å². The van der Waals surface area contributed by atoms with Gasteiger partial charge in [0, 0.05) is 12.6 Å². The smallest absolute Gasteiger partial charge is 0.266 e. The van der Waals surface area contributed by atoms with E-state index >= 15 is 0 Å². The van der Waals surface area contributed by atoms with Gasteiger partial charge >= 0.3 is 0 Å². The average molecular weight is 458 g/mol. The molecule has 0 radical (unpaired) electrons. The number of fused-ring (bicyclic) bond motifs is 1. The maximum atomic E-state index is 13.2. The van der Waals surface area contributed by atoms with Gasteiger partial charge in [-0.2, -0.15) is 0 Å². The molecule has 2 heterocycles. The second-order valence-corrected chi connectivity index (χ2v) is 10.6. The van der Waals surface area contributed by atoms with Gasteiger partial charge in [-0.25, -0.2) is 13.4 Å². The fourth-order valence-electron chi connectivity index (χ4n) is 3.88. The quantitative estimate of drug-likeness (QED) is 0.417. The molecule has 1 unspecified atom stereocenters. The Labute approximate surface area is 185 Å². The zero-order valence-electron chi connectivity index (χ0n) is 17.1. The van der Waals surface area contributed by atoms with E-state index < -0.39 is 9.84 Å². The maximum absolute atomic E-state index is 13.2. The van der Waals surface area contributed by atoms with Gasteiger partial charge < -0.3 is 4.90 Å². The molecule has 4 rings (SSSR count). The van der Waals surface area contributed by atoms with Crippen molar-refractivity contribution in [3.05, 3.63) is 65.0 Å². The molecule has 1 atom stereocenters. The van der Waals surface area contributed by atoms with E-state index in [4.69, 9.17) is 0 Å². The topological polar surface area (TPSA) is 89.3 Å². The van der Waals surface area contributed by atoms with Crippen LogP contribution in [0.15, 0.2) is 64.5 Å². The van der Waals surface area contributed by atoms with Crippen LogP contribution in [0.4, 0.5) is 0 Å². The molecule has 1 fully saturated rings. The Kier molecular flexibility index (Phi) is 6.15. The molecule has 1 saturated heterocycles. The molecule has 0 aliphatic carbocycles. The molecule has 9 heteroatoms. The van der Waals surface area contributed by atoms with E-state index in [-0.39, 0.29) is 34.8 Å². The number of aromatic nitrogens is 2. The first-order valence-electron chi connectivity index (χ1n) is 10.1. The molecule has 162 valence electrons. The lowest BCUT2D eigenvalue weighted by atomic mass is 10.2. The number of rotatable bonds is 6. The number of hydrogen-bond acceptors (Lipinski definition) is 6. The first-order chi connectivity index (χ1) is 14.9. The summed E-state index contributed by atoms with van der Waals surface area (Å²) >= 11 is 1.19. The van der Waals surface area contributed by atoms with E-state index in [1.807, 2.05) is 43.3 Å². The number of carbonyl (C=O) groups is 1. The van der Waals surface area contributed by atoms with Crippen molar-refractivity contribution >= 4 is 38.4 Å². The summed E-state index contributed by atoms with van der Waals surface area (Å²) in [5.74, 6) is 0.0490. The number of nitrogens with zero attached hydrogens (tertiary/aromatic N) is 3. The van der Waals surface area contributed by atoms with Gasteiger partial charge in [-0.1, -0.05) is 42.1 Å². The average Bonchev–Trinajstić information content (AvgIpc) is 3.12. The lowest BCUT2D eigenvalue weighted by Gasteiger charge is -2.26. The van der Waals surface area contributed by atoms with Gasteiger partial charge in [0.2, 0.25) is 5.91 Å². The van der Waals surface area contributed by atoms with Crippen molar-refractivity contribution < 1.29 is 13.2 Å². The lowest BCUT2D eigenvalue weighted by molar-refractivity contribution is -0.129. The zero-order valence-corrected chi connectivity index (χ0v) is 18.7. The Hall–Kier alpha value is -2.65. The summed E-state index contributed by atoms with van der Waals surface area (Å²) in [5, 5.41) is 0.937. The second-order valence-electron chi connectivity index (χ2n) is 7.41. The number of hydrogen-bond donors (Lipinski definition) is 0. The Morgan fingerprint density at radius 3 is 2.55 bits per heavy atom. The molecule has 31 heavy (non-hydrogen) atoms. The standard InChI is InChI=1S/C22H23N3O4S2/c1-2-24(17-12-13-31(28,29)15-17)20(26)14-30-22-23-19-11-7-6-10-18(19)21(27)25(22)16-8-4-3-5-9-16/h3-11,17H,2,12-15H2,1H3. The molecule has 0 bridgehead atoms. The maximum Gasteiger partial charge on any atom is 0.266 e. The third-order valence-corrected chi connectivity index (χ3v) is 8.07. The molecular weight excluding hydrogens is 434 g/mol. The summed E-state index contributed by atoms with van der Waals surface area (Å²) in [6.07, 6.45) is 0.468. The highest BCUT2D eigenvalue weighted by Gasteiger charge is 2.33. The normalized spacial score (nSPS) is 17.6. The number of benzene rings is 2. The van der Waals surface area contributed by atoms with E-state index in [1.54, 1.807) is 23.1 Å². The minimum absolute atomic E-state index is 0.0141. The largest absolute Gasteiger partial charge is 0.338 e. The minimum atomic E-state index is -3.08. The molecule has 0 spiro atoms. The number of para-hydroxylation sites is 2. The van der Waals surface area contributed by atoms with E-state index in [0.717, 1.165) is 0 Å². The first kappa shape index (κ1) is 21.6. The Balaban J connectivity index is 1.65. The van der Waals surface area contributed by atoms with Crippen LogP contribution >= 0.6 is 11.8 Å². The van der Waals surface area contributed by atoms with Crippen LogP contribution in [0.5, 0.6) is 0 Å². The second kappa shape index (κ2) is 8.84. The molecule has 1 aromatic heterocycles. The third-order valence-electron chi connectivity index (χ3n) is 5.39. The monoisotopic (exact) mass is 457 g/mol. The van der Waals surface area contributed by atoms with Gasteiger partial charge in [0.1, 0.15) is 0 Å². The molecular formula is C22H23N3O4S2.